The molecule has 6 aromatic rings. The van der Waals surface area contributed by atoms with Crippen LogP contribution < -0.4 is 26.2 Å². The van der Waals surface area contributed by atoms with Crippen LogP contribution in [0.2, 0.25) is 0 Å². The van der Waals surface area contributed by atoms with E-state index in [1.807, 2.05) is 59.2 Å². The molecule has 5 heterocycles. The van der Waals surface area contributed by atoms with Crippen LogP contribution in [-0.4, -0.2) is 56.7 Å². The number of imidazole rings is 1. The maximum atomic E-state index is 12.2. The minimum absolute atomic E-state index is 0.200. The van der Waals surface area contributed by atoms with Crippen molar-refractivity contribution in [1.29, 1.82) is 0 Å². The number of anilines is 2. The summed E-state index contributed by atoms with van der Waals surface area (Å²) >= 11 is 0. The van der Waals surface area contributed by atoms with Crippen molar-refractivity contribution in [1.82, 2.24) is 24.4 Å². The van der Waals surface area contributed by atoms with E-state index in [4.69, 9.17) is 20.4 Å². The first-order chi connectivity index (χ1) is 21.5. The van der Waals surface area contributed by atoms with Crippen LogP contribution >= 0.6 is 0 Å². The number of fused-ring (bicyclic) bond motifs is 3. The van der Waals surface area contributed by atoms with E-state index in [0.717, 1.165) is 59.7 Å². The van der Waals surface area contributed by atoms with Gasteiger partial charge in [-0.2, -0.15) is 0 Å². The molecule has 218 valence electrons. The molecule has 2 atom stereocenters. The zero-order valence-corrected chi connectivity index (χ0v) is 24.1. The highest BCUT2D eigenvalue weighted by atomic mass is 16.5. The number of nitrogens with two attached hydrogens (primary N) is 1. The summed E-state index contributed by atoms with van der Waals surface area (Å²) in [6, 6.07) is 26.9. The lowest BCUT2D eigenvalue weighted by Gasteiger charge is -2.36. The van der Waals surface area contributed by atoms with Crippen molar-refractivity contribution < 1.29 is 4.74 Å². The third-order valence-corrected chi connectivity index (χ3v) is 8.92. The first kappa shape index (κ1) is 26.3. The lowest BCUT2D eigenvalue weighted by Crippen LogP contribution is -2.50. The molecular weight excluding hydrogens is 554 g/mol. The van der Waals surface area contributed by atoms with E-state index in [2.05, 4.69) is 39.0 Å². The molecule has 10 heteroatoms. The Bertz CT molecular complexity index is 2100. The molecule has 0 saturated carbocycles. The zero-order chi connectivity index (χ0) is 29.9. The molecule has 2 aliphatic heterocycles. The maximum Gasteiger partial charge on any atom is 0.272 e. The number of likely N-dealkylation sites (tertiary alicyclic amines) is 1. The molecule has 2 N–H and O–H groups in total. The zero-order valence-electron chi connectivity index (χ0n) is 24.1. The Kier molecular flexibility index (Phi) is 6.05. The molecule has 0 radical (unpaired) electrons. The van der Waals surface area contributed by atoms with Gasteiger partial charge in [0.15, 0.2) is 17.2 Å². The summed E-state index contributed by atoms with van der Waals surface area (Å²) in [6.07, 6.45) is 2.64. The number of aromatic nitrogens is 4. The van der Waals surface area contributed by atoms with Crippen LogP contribution in [0.15, 0.2) is 94.6 Å². The number of rotatable bonds is 7. The highest BCUT2D eigenvalue weighted by Gasteiger charge is 2.46. The van der Waals surface area contributed by atoms with Crippen molar-refractivity contribution >= 4 is 22.7 Å². The van der Waals surface area contributed by atoms with Gasteiger partial charge in [0.25, 0.3) is 10.9 Å². The molecule has 44 heavy (non-hydrogen) atoms. The number of pyridine rings is 2. The Morgan fingerprint density at radius 2 is 1.70 bits per heavy atom. The molecule has 1 unspecified atom stereocenters. The van der Waals surface area contributed by atoms with E-state index in [9.17, 15) is 9.59 Å². The van der Waals surface area contributed by atoms with Gasteiger partial charge in [-0.05, 0) is 48.4 Å². The molecular formula is C34H29N7O3. The average molecular weight is 584 g/mol. The van der Waals surface area contributed by atoms with Crippen molar-refractivity contribution in [3.8, 4) is 34.1 Å². The van der Waals surface area contributed by atoms with Crippen LogP contribution in [0.25, 0.3) is 39.5 Å². The Morgan fingerprint density at radius 3 is 2.43 bits per heavy atom. The Balaban J connectivity index is 1.10. The van der Waals surface area contributed by atoms with Crippen LogP contribution in [0.1, 0.15) is 12.0 Å². The lowest BCUT2D eigenvalue weighted by molar-refractivity contribution is 0.229. The molecule has 8 rings (SSSR count). The van der Waals surface area contributed by atoms with Gasteiger partial charge in [0, 0.05) is 49.2 Å². The van der Waals surface area contributed by atoms with E-state index in [1.54, 1.807) is 6.20 Å². The van der Waals surface area contributed by atoms with Crippen LogP contribution in [0.3, 0.4) is 0 Å². The number of piperazine rings is 1. The fourth-order valence-corrected chi connectivity index (χ4v) is 6.77. The van der Waals surface area contributed by atoms with Crippen molar-refractivity contribution in [2.75, 3.05) is 30.8 Å². The third kappa shape index (κ3) is 4.10. The Hall–Kier alpha value is -5.35. The van der Waals surface area contributed by atoms with Gasteiger partial charge >= 0.3 is 0 Å². The van der Waals surface area contributed by atoms with Gasteiger partial charge in [-0.15, -0.1) is 0 Å². The van der Waals surface area contributed by atoms with Crippen molar-refractivity contribution in [2.24, 2.45) is 0 Å². The molecule has 0 amide bonds. The molecule has 2 fully saturated rings. The van der Waals surface area contributed by atoms with Crippen LogP contribution in [0, 0.1) is 0 Å². The van der Waals surface area contributed by atoms with Crippen LogP contribution in [0.4, 0.5) is 11.5 Å². The standard InChI is InChI=1S/C34H29N7O3/c1-44-31-28(29(42)30(31)43)40-19-23-16-24(40)18-39(23)17-20-9-11-22(12-10-20)41-33(25-8-5-15-36-32(25)35)38-27-14-13-26(37-34(27)41)21-6-3-2-4-7-21/h2-15,23-24H,16-19H2,1H3,(H2,35,36)/t23?,24-/m0/s1. The summed E-state index contributed by atoms with van der Waals surface area (Å²) in [5, 5.41) is 0. The first-order valence-corrected chi connectivity index (χ1v) is 14.6. The number of benzene rings is 2. The molecule has 0 spiro atoms. The summed E-state index contributed by atoms with van der Waals surface area (Å²) in [6.45, 7) is 2.34. The Morgan fingerprint density at radius 1 is 0.886 bits per heavy atom. The van der Waals surface area contributed by atoms with Gasteiger partial charge in [-0.1, -0.05) is 42.5 Å². The molecule has 0 aliphatic carbocycles. The van der Waals surface area contributed by atoms with Gasteiger partial charge in [0.05, 0.1) is 18.4 Å². The Labute approximate surface area is 252 Å². The highest BCUT2D eigenvalue weighted by Crippen LogP contribution is 2.38. The molecule has 3 aromatic carbocycles. The number of methoxy groups -OCH3 is 1. The van der Waals surface area contributed by atoms with E-state index in [1.165, 1.54) is 12.7 Å². The number of hydrogen-bond acceptors (Lipinski definition) is 9. The second-order valence-electron chi connectivity index (χ2n) is 11.4. The van der Waals surface area contributed by atoms with Gasteiger partial charge in [0.2, 0.25) is 0 Å². The largest absolute Gasteiger partial charge is 0.491 e. The molecule has 2 bridgehead atoms. The minimum atomic E-state index is -0.520. The van der Waals surface area contributed by atoms with Gasteiger partial charge in [-0.3, -0.25) is 19.1 Å². The van der Waals surface area contributed by atoms with Gasteiger partial charge in [-0.25, -0.2) is 15.0 Å². The fourth-order valence-electron chi connectivity index (χ4n) is 6.77. The summed E-state index contributed by atoms with van der Waals surface area (Å²) in [5.74, 6) is 1.29. The molecule has 2 aliphatic rings. The molecule has 3 aromatic heterocycles. The average Bonchev–Trinajstić information content (AvgIpc) is 3.76. The summed E-state index contributed by atoms with van der Waals surface area (Å²) in [5.41, 5.74) is 12.1. The van der Waals surface area contributed by atoms with E-state index >= 15 is 0 Å². The van der Waals surface area contributed by atoms with Crippen LogP contribution in [-0.2, 0) is 6.54 Å². The monoisotopic (exact) mass is 583 g/mol. The maximum absolute atomic E-state index is 12.2. The summed E-state index contributed by atoms with van der Waals surface area (Å²) in [7, 11) is 1.45. The van der Waals surface area contributed by atoms with Crippen LogP contribution in [0.5, 0.6) is 5.75 Å². The minimum Gasteiger partial charge on any atom is -0.491 e. The quantitative estimate of drug-likeness (QED) is 0.280. The van der Waals surface area contributed by atoms with Gasteiger partial charge < -0.3 is 15.4 Å². The van der Waals surface area contributed by atoms with Crippen molar-refractivity contribution in [3.63, 3.8) is 0 Å². The number of nitrogens with zero attached hydrogens (tertiary/aromatic N) is 6. The topological polar surface area (TPSA) is 119 Å². The van der Waals surface area contributed by atoms with Crippen molar-refractivity contribution in [2.45, 2.75) is 25.0 Å². The predicted octanol–water partition coefficient (Wildman–Crippen LogP) is 3.80. The van der Waals surface area contributed by atoms with E-state index < -0.39 is 10.9 Å². The third-order valence-electron chi connectivity index (χ3n) is 8.92. The SMILES string of the molecule is COc1c(N2CC3C[C@H]2CN3Cc2ccc(-n3c(-c4cccnc4N)nc4ccc(-c5ccccc5)nc43)cc2)c(=O)c1=O. The molecule has 10 nitrogen and oxygen atoms in total. The fraction of sp³-hybridized carbons (Fsp3) is 0.206. The normalized spacial score (nSPS) is 18.1. The van der Waals surface area contributed by atoms with E-state index in [0.29, 0.717) is 23.4 Å². The van der Waals surface area contributed by atoms with Crippen molar-refractivity contribution in [3.05, 3.63) is 111 Å². The first-order valence-electron chi connectivity index (χ1n) is 14.6. The second-order valence-corrected chi connectivity index (χ2v) is 11.4. The summed E-state index contributed by atoms with van der Waals surface area (Å²) in [4.78, 5) is 42.9. The smallest absolute Gasteiger partial charge is 0.272 e. The number of hydrogen-bond donors (Lipinski definition) is 1. The van der Waals surface area contributed by atoms with Gasteiger partial charge in [0.1, 0.15) is 17.0 Å². The van der Waals surface area contributed by atoms with E-state index in [-0.39, 0.29) is 11.8 Å². The predicted molar refractivity (Wildman–Crippen MR) is 170 cm³/mol. The number of nitrogen functional groups attached to an aromatic ring is 1. The lowest BCUT2D eigenvalue weighted by atomic mass is 10.1. The number of ether oxygens (including phenoxy) is 1. The summed E-state index contributed by atoms with van der Waals surface area (Å²) < 4.78 is 7.25. The second kappa shape index (κ2) is 10.1. The highest BCUT2D eigenvalue weighted by molar-refractivity contribution is 5.84. The molecule has 2 saturated heterocycles.